The lowest BCUT2D eigenvalue weighted by molar-refractivity contribution is 0.00276. The molecule has 0 unspecified atom stereocenters. The Hall–Kier alpha value is -1.36. The zero-order chi connectivity index (χ0) is 16.9. The van der Waals surface area contributed by atoms with Gasteiger partial charge in [-0.1, -0.05) is 12.8 Å². The average molecular weight is 336 g/mol. The highest BCUT2D eigenvalue weighted by atomic mass is 19.3. The molecule has 4 rings (SSSR count). The number of nitrogens with zero attached hydrogens (tertiary/aromatic N) is 1. The van der Waals surface area contributed by atoms with Crippen LogP contribution in [0, 0.1) is 5.92 Å². The Morgan fingerprint density at radius 2 is 2.17 bits per heavy atom. The van der Waals surface area contributed by atoms with Gasteiger partial charge >= 0.3 is 0 Å². The molecule has 1 heterocycles. The molecule has 132 valence electrons. The quantitative estimate of drug-likeness (QED) is 0.825. The molecule has 2 N–H and O–H groups in total. The topological polar surface area (TPSA) is 35.5 Å². The molecule has 2 bridgehead atoms. The van der Waals surface area contributed by atoms with E-state index in [1.807, 2.05) is 12.1 Å². The van der Waals surface area contributed by atoms with E-state index in [-0.39, 0.29) is 11.2 Å². The number of phenolic OH excluding ortho intramolecular Hbond substituents is 1. The standard InChI is InChI=1S/C19H26F2N2O/c1-23-7-6-19-5-3-2-4-13(19)16(23)9-12-8-15(22-11-18(20)21)17(24)10-14(12)19/h8,10,13,16,18,22,24H,2-7,9,11H2,1H3/t13-,16-,19-/m1/s1. The summed E-state index contributed by atoms with van der Waals surface area (Å²) in [4.78, 5) is 2.48. The van der Waals surface area contributed by atoms with Gasteiger partial charge in [-0.2, -0.15) is 0 Å². The van der Waals surface area contributed by atoms with Crippen molar-refractivity contribution in [2.45, 2.75) is 56.4 Å². The summed E-state index contributed by atoms with van der Waals surface area (Å²) in [6, 6.07) is 4.34. The number of fused-ring (bicyclic) bond motifs is 1. The third-order valence-corrected chi connectivity index (χ3v) is 6.67. The lowest BCUT2D eigenvalue weighted by atomic mass is 9.52. The van der Waals surface area contributed by atoms with E-state index in [0.717, 1.165) is 19.4 Å². The number of nitrogens with one attached hydrogen (secondary N) is 1. The zero-order valence-corrected chi connectivity index (χ0v) is 14.2. The van der Waals surface area contributed by atoms with E-state index in [1.54, 1.807) is 0 Å². The van der Waals surface area contributed by atoms with Crippen molar-refractivity contribution in [1.82, 2.24) is 4.90 Å². The number of likely N-dealkylation sites (N-methyl/N-ethyl adjacent to an activating group) is 1. The van der Waals surface area contributed by atoms with Gasteiger partial charge in [0.2, 0.25) is 0 Å². The fourth-order valence-electron chi connectivity index (χ4n) is 5.57. The van der Waals surface area contributed by atoms with Crippen LogP contribution in [0.3, 0.4) is 0 Å². The van der Waals surface area contributed by atoms with Gasteiger partial charge in [-0.3, -0.25) is 0 Å². The van der Waals surface area contributed by atoms with Crippen LogP contribution < -0.4 is 5.32 Å². The molecule has 2 fully saturated rings. The minimum absolute atomic E-state index is 0.116. The number of phenols is 1. The molecule has 1 saturated heterocycles. The van der Waals surface area contributed by atoms with Crippen molar-refractivity contribution in [3.05, 3.63) is 23.3 Å². The van der Waals surface area contributed by atoms with Gasteiger partial charge < -0.3 is 15.3 Å². The molecule has 5 heteroatoms. The second-order valence-corrected chi connectivity index (χ2v) is 7.81. The minimum Gasteiger partial charge on any atom is -0.506 e. The smallest absolute Gasteiger partial charge is 0.255 e. The molecule has 2 aliphatic carbocycles. The fraction of sp³-hybridized carbons (Fsp3) is 0.684. The molecule has 0 radical (unpaired) electrons. The van der Waals surface area contributed by atoms with Crippen molar-refractivity contribution in [2.75, 3.05) is 25.5 Å². The molecular weight excluding hydrogens is 310 g/mol. The van der Waals surface area contributed by atoms with Gasteiger partial charge in [0.1, 0.15) is 5.75 Å². The average Bonchev–Trinajstić information content (AvgIpc) is 2.57. The summed E-state index contributed by atoms with van der Waals surface area (Å²) in [6.45, 7) is 0.677. The molecule has 24 heavy (non-hydrogen) atoms. The SMILES string of the molecule is CN1CC[C@]23CCCC[C@@H]2[C@H]1Cc1cc(NCC(F)F)c(O)cc13. The number of aromatic hydroxyl groups is 1. The van der Waals surface area contributed by atoms with E-state index in [2.05, 4.69) is 17.3 Å². The second kappa shape index (κ2) is 5.87. The summed E-state index contributed by atoms with van der Waals surface area (Å²) in [5.74, 6) is 0.780. The first-order chi connectivity index (χ1) is 11.5. The van der Waals surface area contributed by atoms with E-state index in [4.69, 9.17) is 0 Å². The molecule has 1 aromatic carbocycles. The van der Waals surface area contributed by atoms with E-state index in [0.29, 0.717) is 17.6 Å². The highest BCUT2D eigenvalue weighted by molar-refractivity contribution is 5.62. The number of rotatable bonds is 3. The first-order valence-corrected chi connectivity index (χ1v) is 9.10. The number of hydrogen-bond donors (Lipinski definition) is 2. The lowest BCUT2D eigenvalue weighted by Crippen LogP contribution is -2.59. The summed E-state index contributed by atoms with van der Waals surface area (Å²) < 4.78 is 25.0. The largest absolute Gasteiger partial charge is 0.506 e. The fourth-order valence-corrected chi connectivity index (χ4v) is 5.57. The summed E-state index contributed by atoms with van der Waals surface area (Å²) >= 11 is 0. The molecule has 3 atom stereocenters. The predicted octanol–water partition coefficient (Wildman–Crippen LogP) is 3.76. The zero-order valence-electron chi connectivity index (χ0n) is 14.2. The number of hydrogen-bond acceptors (Lipinski definition) is 3. The van der Waals surface area contributed by atoms with Crippen molar-refractivity contribution in [2.24, 2.45) is 5.92 Å². The van der Waals surface area contributed by atoms with E-state index < -0.39 is 13.0 Å². The maximum absolute atomic E-state index is 12.5. The Morgan fingerprint density at radius 1 is 1.33 bits per heavy atom. The van der Waals surface area contributed by atoms with Crippen molar-refractivity contribution in [1.29, 1.82) is 0 Å². The summed E-state index contributed by atoms with van der Waals surface area (Å²) in [7, 11) is 2.21. The molecular formula is C19H26F2N2O. The van der Waals surface area contributed by atoms with Gasteiger partial charge in [-0.15, -0.1) is 0 Å². The van der Waals surface area contributed by atoms with Crippen molar-refractivity contribution in [3.63, 3.8) is 0 Å². The first-order valence-electron chi connectivity index (χ1n) is 9.10. The van der Waals surface area contributed by atoms with Gasteiger partial charge in [0, 0.05) is 11.5 Å². The Balaban J connectivity index is 1.76. The number of halogens is 2. The Kier molecular flexibility index (Phi) is 3.94. The van der Waals surface area contributed by atoms with Crippen molar-refractivity contribution < 1.29 is 13.9 Å². The molecule has 1 aromatic rings. The molecule has 3 aliphatic rings. The molecule has 3 nitrogen and oxygen atoms in total. The van der Waals surface area contributed by atoms with Crippen molar-refractivity contribution in [3.8, 4) is 5.75 Å². The van der Waals surface area contributed by atoms with E-state index >= 15 is 0 Å². The molecule has 0 aromatic heterocycles. The first kappa shape index (κ1) is 16.1. The number of piperidine rings is 1. The Labute approximate surface area is 142 Å². The van der Waals surface area contributed by atoms with Crippen LogP contribution in [0.2, 0.25) is 0 Å². The lowest BCUT2D eigenvalue weighted by Gasteiger charge is -2.58. The molecule has 1 aliphatic heterocycles. The number of likely N-dealkylation sites (tertiary alicyclic amines) is 1. The second-order valence-electron chi connectivity index (χ2n) is 7.81. The van der Waals surface area contributed by atoms with Gasteiger partial charge in [-0.05, 0) is 68.5 Å². The maximum atomic E-state index is 12.5. The highest BCUT2D eigenvalue weighted by Crippen LogP contribution is 2.56. The van der Waals surface area contributed by atoms with Crippen LogP contribution in [0.4, 0.5) is 14.5 Å². The van der Waals surface area contributed by atoms with E-state index in [1.165, 1.54) is 36.8 Å². The Morgan fingerprint density at radius 3 is 2.96 bits per heavy atom. The van der Waals surface area contributed by atoms with Crippen LogP contribution in [0.25, 0.3) is 0 Å². The molecule has 1 saturated carbocycles. The van der Waals surface area contributed by atoms with E-state index in [9.17, 15) is 13.9 Å². The predicted molar refractivity (Wildman–Crippen MR) is 91.0 cm³/mol. The third-order valence-electron chi connectivity index (χ3n) is 6.67. The summed E-state index contributed by atoms with van der Waals surface area (Å²) in [6.07, 6.45) is 4.68. The normalized spacial score (nSPS) is 32.3. The molecule has 0 spiro atoms. The summed E-state index contributed by atoms with van der Waals surface area (Å²) in [5, 5.41) is 13.1. The monoisotopic (exact) mass is 336 g/mol. The summed E-state index contributed by atoms with van der Waals surface area (Å²) in [5.41, 5.74) is 3.15. The molecule has 0 amide bonds. The van der Waals surface area contributed by atoms with Crippen molar-refractivity contribution >= 4 is 5.69 Å². The van der Waals surface area contributed by atoms with Crippen LogP contribution in [-0.4, -0.2) is 42.6 Å². The van der Waals surface area contributed by atoms with Gasteiger partial charge in [0.05, 0.1) is 12.2 Å². The van der Waals surface area contributed by atoms with Gasteiger partial charge in [0.15, 0.2) is 0 Å². The van der Waals surface area contributed by atoms with Gasteiger partial charge in [-0.25, -0.2) is 8.78 Å². The van der Waals surface area contributed by atoms with Crippen LogP contribution in [0.1, 0.15) is 43.2 Å². The van der Waals surface area contributed by atoms with Crippen LogP contribution in [-0.2, 0) is 11.8 Å². The number of anilines is 1. The Bertz CT molecular complexity index is 636. The number of benzene rings is 1. The van der Waals surface area contributed by atoms with Crippen LogP contribution >= 0.6 is 0 Å². The maximum Gasteiger partial charge on any atom is 0.255 e. The number of alkyl halides is 2. The van der Waals surface area contributed by atoms with Crippen LogP contribution in [0.5, 0.6) is 5.75 Å². The van der Waals surface area contributed by atoms with Gasteiger partial charge in [0.25, 0.3) is 6.43 Å². The third kappa shape index (κ3) is 2.40. The van der Waals surface area contributed by atoms with Crippen LogP contribution in [0.15, 0.2) is 12.1 Å². The minimum atomic E-state index is -2.42. The highest BCUT2D eigenvalue weighted by Gasteiger charge is 2.53.